The minimum Gasteiger partial charge on any atom is -0.469 e. The first kappa shape index (κ1) is 11.8. The lowest BCUT2D eigenvalue weighted by Gasteiger charge is -2.04. The fraction of sp³-hybridized carbons (Fsp3) is 0.583. The second kappa shape index (κ2) is 5.59. The third-order valence-corrected chi connectivity index (χ3v) is 2.45. The molecule has 1 rings (SSSR count). The molecule has 3 nitrogen and oxygen atoms in total. The number of nitrogens with one attached hydrogen (secondary N) is 1. The van der Waals surface area contributed by atoms with Crippen molar-refractivity contribution in [1.29, 1.82) is 0 Å². The maximum absolute atomic E-state index is 11.7. The van der Waals surface area contributed by atoms with Gasteiger partial charge in [0.25, 0.3) is 5.91 Å². The number of rotatable bonds is 5. The summed E-state index contributed by atoms with van der Waals surface area (Å²) >= 11 is 0. The summed E-state index contributed by atoms with van der Waals surface area (Å²) in [5, 5.41) is 2.90. The Balaban J connectivity index is 2.47. The Bertz CT molecular complexity index is 309. The molecule has 0 saturated heterocycles. The number of amides is 1. The van der Waals surface area contributed by atoms with Gasteiger partial charge >= 0.3 is 0 Å². The fourth-order valence-corrected chi connectivity index (χ4v) is 1.58. The average Bonchev–Trinajstić information content (AvgIpc) is 2.53. The van der Waals surface area contributed by atoms with E-state index in [1.54, 1.807) is 6.26 Å². The number of carbonyl (C=O) groups is 1. The van der Waals surface area contributed by atoms with Gasteiger partial charge in [0.15, 0.2) is 0 Å². The normalized spacial score (nSPS) is 10.3. The largest absolute Gasteiger partial charge is 0.469 e. The summed E-state index contributed by atoms with van der Waals surface area (Å²) in [7, 11) is 0. The molecule has 0 unspecified atom stereocenters. The monoisotopic (exact) mass is 209 g/mol. The van der Waals surface area contributed by atoms with Gasteiger partial charge in [-0.25, -0.2) is 0 Å². The van der Waals surface area contributed by atoms with Gasteiger partial charge in [-0.3, -0.25) is 4.79 Å². The molecule has 0 aliphatic heterocycles. The topological polar surface area (TPSA) is 42.2 Å². The van der Waals surface area contributed by atoms with Crippen LogP contribution in [0.25, 0.3) is 0 Å². The van der Waals surface area contributed by atoms with Gasteiger partial charge in [0.2, 0.25) is 0 Å². The van der Waals surface area contributed by atoms with Crippen LogP contribution in [0, 0.1) is 13.8 Å². The van der Waals surface area contributed by atoms with Crippen LogP contribution in [0.5, 0.6) is 0 Å². The summed E-state index contributed by atoms with van der Waals surface area (Å²) in [6, 6.07) is 0. The predicted molar refractivity (Wildman–Crippen MR) is 60.0 cm³/mol. The molecule has 1 aromatic rings. The predicted octanol–water partition coefficient (Wildman–Crippen LogP) is 2.82. The number of unbranched alkanes of at least 4 members (excludes halogenated alkanes) is 2. The molecule has 0 atom stereocenters. The van der Waals surface area contributed by atoms with Crippen molar-refractivity contribution in [3.63, 3.8) is 0 Å². The Morgan fingerprint density at radius 3 is 2.67 bits per heavy atom. The van der Waals surface area contributed by atoms with Gasteiger partial charge < -0.3 is 9.73 Å². The van der Waals surface area contributed by atoms with Crippen molar-refractivity contribution in [2.75, 3.05) is 6.54 Å². The van der Waals surface area contributed by atoms with Crippen LogP contribution in [0.4, 0.5) is 0 Å². The van der Waals surface area contributed by atoms with E-state index < -0.39 is 0 Å². The van der Waals surface area contributed by atoms with Crippen molar-refractivity contribution in [3.05, 3.63) is 23.2 Å². The molecule has 0 spiro atoms. The summed E-state index contributed by atoms with van der Waals surface area (Å²) in [6.07, 6.45) is 4.98. The van der Waals surface area contributed by atoms with Gasteiger partial charge in [0, 0.05) is 12.1 Å². The van der Waals surface area contributed by atoms with Crippen LogP contribution >= 0.6 is 0 Å². The van der Waals surface area contributed by atoms with E-state index in [9.17, 15) is 4.79 Å². The highest BCUT2D eigenvalue weighted by atomic mass is 16.3. The molecule has 0 aliphatic rings. The van der Waals surface area contributed by atoms with Crippen LogP contribution in [0.3, 0.4) is 0 Å². The van der Waals surface area contributed by atoms with Crippen molar-refractivity contribution in [2.45, 2.75) is 40.0 Å². The van der Waals surface area contributed by atoms with Crippen LogP contribution in [0.1, 0.15) is 47.9 Å². The van der Waals surface area contributed by atoms with Crippen molar-refractivity contribution < 1.29 is 9.21 Å². The van der Waals surface area contributed by atoms with E-state index in [1.807, 2.05) is 13.8 Å². The minimum atomic E-state index is -0.0187. The maximum atomic E-state index is 11.7. The van der Waals surface area contributed by atoms with Gasteiger partial charge in [-0.05, 0) is 20.3 Å². The van der Waals surface area contributed by atoms with E-state index in [0.29, 0.717) is 11.3 Å². The Kier molecular flexibility index (Phi) is 4.40. The molecule has 84 valence electrons. The fourth-order valence-electron chi connectivity index (χ4n) is 1.58. The lowest BCUT2D eigenvalue weighted by molar-refractivity contribution is 0.0951. The maximum Gasteiger partial charge on any atom is 0.255 e. The molecule has 0 aromatic carbocycles. The van der Waals surface area contributed by atoms with Crippen LogP contribution in [-0.4, -0.2) is 12.5 Å². The van der Waals surface area contributed by atoms with Crippen molar-refractivity contribution in [2.24, 2.45) is 0 Å². The molecule has 1 heterocycles. The summed E-state index contributed by atoms with van der Waals surface area (Å²) in [6.45, 7) is 6.59. The highest BCUT2D eigenvalue weighted by Crippen LogP contribution is 2.14. The molecular weight excluding hydrogens is 190 g/mol. The molecule has 0 saturated carbocycles. The molecule has 0 radical (unpaired) electrons. The van der Waals surface area contributed by atoms with E-state index in [1.165, 1.54) is 6.42 Å². The SMILES string of the molecule is CCCCCNC(=O)c1c(C)coc1C. The van der Waals surface area contributed by atoms with E-state index >= 15 is 0 Å². The van der Waals surface area contributed by atoms with Crippen LogP contribution in [0.15, 0.2) is 10.7 Å². The number of carbonyl (C=O) groups excluding carboxylic acids is 1. The second-order valence-corrected chi connectivity index (χ2v) is 3.81. The quantitative estimate of drug-likeness (QED) is 0.758. The summed E-state index contributed by atoms with van der Waals surface area (Å²) in [5.74, 6) is 0.676. The van der Waals surface area contributed by atoms with Crippen molar-refractivity contribution in [3.8, 4) is 0 Å². The summed E-state index contributed by atoms with van der Waals surface area (Å²) in [4.78, 5) is 11.7. The molecule has 0 bridgehead atoms. The zero-order chi connectivity index (χ0) is 11.3. The van der Waals surface area contributed by atoms with E-state index in [4.69, 9.17) is 4.42 Å². The first-order chi connectivity index (χ1) is 7.16. The number of furan rings is 1. The molecule has 1 amide bonds. The Morgan fingerprint density at radius 1 is 1.40 bits per heavy atom. The van der Waals surface area contributed by atoms with Gasteiger partial charge in [-0.15, -0.1) is 0 Å². The molecule has 3 heteroatoms. The van der Waals surface area contributed by atoms with Gasteiger partial charge in [-0.2, -0.15) is 0 Å². The van der Waals surface area contributed by atoms with Crippen molar-refractivity contribution >= 4 is 5.91 Å². The first-order valence-electron chi connectivity index (χ1n) is 5.49. The second-order valence-electron chi connectivity index (χ2n) is 3.81. The number of aryl methyl sites for hydroxylation is 2. The van der Waals surface area contributed by atoms with Gasteiger partial charge in [0.05, 0.1) is 11.8 Å². The third kappa shape index (κ3) is 3.11. The Hall–Kier alpha value is -1.25. The standard InChI is InChI=1S/C12H19NO2/c1-4-5-6-7-13-12(14)11-9(2)8-15-10(11)3/h8H,4-7H2,1-3H3,(H,13,14). The highest BCUT2D eigenvalue weighted by molar-refractivity contribution is 5.96. The lowest BCUT2D eigenvalue weighted by atomic mass is 10.1. The van der Waals surface area contributed by atoms with E-state index in [-0.39, 0.29) is 5.91 Å². The molecule has 1 N–H and O–H groups in total. The van der Waals surface area contributed by atoms with Crippen LogP contribution < -0.4 is 5.32 Å². The molecule has 0 fully saturated rings. The minimum absolute atomic E-state index is 0.0187. The molecule has 1 aromatic heterocycles. The van der Waals surface area contributed by atoms with Gasteiger partial charge in [0.1, 0.15) is 5.76 Å². The van der Waals surface area contributed by atoms with Crippen molar-refractivity contribution in [1.82, 2.24) is 5.32 Å². The highest BCUT2D eigenvalue weighted by Gasteiger charge is 2.14. The number of hydrogen-bond donors (Lipinski definition) is 1. The van der Waals surface area contributed by atoms with E-state index in [0.717, 1.165) is 24.9 Å². The van der Waals surface area contributed by atoms with Crippen LogP contribution in [-0.2, 0) is 0 Å². The molecule has 15 heavy (non-hydrogen) atoms. The van der Waals surface area contributed by atoms with Gasteiger partial charge in [-0.1, -0.05) is 19.8 Å². The Morgan fingerprint density at radius 2 is 2.13 bits per heavy atom. The number of hydrogen-bond acceptors (Lipinski definition) is 2. The van der Waals surface area contributed by atoms with E-state index in [2.05, 4.69) is 12.2 Å². The van der Waals surface area contributed by atoms with Crippen LogP contribution in [0.2, 0.25) is 0 Å². The molecular formula is C12H19NO2. The average molecular weight is 209 g/mol. The first-order valence-corrected chi connectivity index (χ1v) is 5.49. The smallest absolute Gasteiger partial charge is 0.255 e. The lowest BCUT2D eigenvalue weighted by Crippen LogP contribution is -2.25. The third-order valence-electron chi connectivity index (χ3n) is 2.45. The summed E-state index contributed by atoms with van der Waals surface area (Å²) in [5.41, 5.74) is 1.59. The zero-order valence-corrected chi connectivity index (χ0v) is 9.72. The Labute approximate surface area is 90.9 Å². The summed E-state index contributed by atoms with van der Waals surface area (Å²) < 4.78 is 5.18. The zero-order valence-electron chi connectivity index (χ0n) is 9.72. The molecule has 0 aliphatic carbocycles.